The fourth-order valence-electron chi connectivity index (χ4n) is 0.980. The quantitative estimate of drug-likeness (QED) is 0.611. The lowest BCUT2D eigenvalue weighted by molar-refractivity contribution is 0.135. The van der Waals surface area contributed by atoms with E-state index in [2.05, 4.69) is 70.5 Å². The van der Waals surface area contributed by atoms with Crippen LogP contribution in [0.25, 0.3) is 0 Å². The minimum atomic E-state index is 0.109. The van der Waals surface area contributed by atoms with Gasteiger partial charge in [-0.15, -0.1) is 0 Å². The summed E-state index contributed by atoms with van der Waals surface area (Å²) < 4.78 is 5.41. The molecule has 0 aromatic rings. The Bertz CT molecular complexity index is 336. The van der Waals surface area contributed by atoms with Gasteiger partial charge in [0, 0.05) is 12.1 Å². The first-order valence-corrected chi connectivity index (χ1v) is 6.49. The standard InChI is InChI=1S/C16H27NO/c1-15(2,3)11-14-18-13-10-8-7-9-12-17-16(4,5)6/h17H,11-14H2,1-6H3. The van der Waals surface area contributed by atoms with Gasteiger partial charge in [0.25, 0.3) is 0 Å². The molecule has 0 saturated carbocycles. The smallest absolute Gasteiger partial charge is 0.108 e. The van der Waals surface area contributed by atoms with Crippen LogP contribution in [-0.2, 0) is 4.74 Å². The van der Waals surface area contributed by atoms with Gasteiger partial charge in [0.15, 0.2) is 0 Å². The molecule has 0 aliphatic heterocycles. The summed E-state index contributed by atoms with van der Waals surface area (Å²) >= 11 is 0. The van der Waals surface area contributed by atoms with Gasteiger partial charge < -0.3 is 10.1 Å². The van der Waals surface area contributed by atoms with Gasteiger partial charge in [-0.3, -0.25) is 0 Å². The highest BCUT2D eigenvalue weighted by atomic mass is 16.5. The van der Waals surface area contributed by atoms with Gasteiger partial charge in [-0.1, -0.05) is 32.6 Å². The molecule has 0 aromatic carbocycles. The molecule has 0 radical (unpaired) electrons. The molecule has 0 bridgehead atoms. The molecule has 0 aliphatic carbocycles. The second-order valence-electron chi connectivity index (χ2n) is 6.57. The summed E-state index contributed by atoms with van der Waals surface area (Å²) in [6.07, 6.45) is 1.05. The maximum atomic E-state index is 5.41. The lowest BCUT2D eigenvalue weighted by atomic mass is 9.93. The van der Waals surface area contributed by atoms with Crippen LogP contribution in [0.3, 0.4) is 0 Å². The van der Waals surface area contributed by atoms with Crippen LogP contribution >= 0.6 is 0 Å². The molecule has 0 amide bonds. The van der Waals surface area contributed by atoms with Crippen molar-refractivity contribution in [3.05, 3.63) is 0 Å². The Morgan fingerprint density at radius 2 is 1.56 bits per heavy atom. The number of ether oxygens (including phenoxy) is 1. The lowest BCUT2D eigenvalue weighted by Gasteiger charge is -2.17. The summed E-state index contributed by atoms with van der Waals surface area (Å²) in [4.78, 5) is 0. The van der Waals surface area contributed by atoms with Crippen molar-refractivity contribution in [1.29, 1.82) is 0 Å². The molecular weight excluding hydrogens is 222 g/mol. The van der Waals surface area contributed by atoms with Gasteiger partial charge in [-0.05, 0) is 44.4 Å². The van der Waals surface area contributed by atoms with Crippen LogP contribution in [0.2, 0.25) is 0 Å². The Morgan fingerprint density at radius 3 is 2.11 bits per heavy atom. The van der Waals surface area contributed by atoms with Crippen molar-refractivity contribution in [2.24, 2.45) is 5.41 Å². The van der Waals surface area contributed by atoms with Gasteiger partial charge in [-0.25, -0.2) is 0 Å². The number of rotatable bonds is 4. The Morgan fingerprint density at radius 1 is 0.944 bits per heavy atom. The van der Waals surface area contributed by atoms with Gasteiger partial charge >= 0.3 is 0 Å². The molecule has 0 aliphatic rings. The van der Waals surface area contributed by atoms with Gasteiger partial charge in [0.05, 0.1) is 6.54 Å². The van der Waals surface area contributed by atoms with E-state index in [0.717, 1.165) is 13.0 Å². The van der Waals surface area contributed by atoms with Gasteiger partial charge in [-0.2, -0.15) is 0 Å². The minimum absolute atomic E-state index is 0.109. The maximum Gasteiger partial charge on any atom is 0.108 e. The molecule has 2 nitrogen and oxygen atoms in total. The topological polar surface area (TPSA) is 21.3 Å². The predicted octanol–water partition coefficient (Wildman–Crippen LogP) is 2.83. The summed E-state index contributed by atoms with van der Waals surface area (Å²) in [6, 6.07) is 0. The molecule has 0 saturated heterocycles. The van der Waals surface area contributed by atoms with E-state index in [-0.39, 0.29) is 5.54 Å². The highest BCUT2D eigenvalue weighted by Gasteiger charge is 2.08. The van der Waals surface area contributed by atoms with Crippen molar-refractivity contribution in [2.75, 3.05) is 19.8 Å². The Balaban J connectivity index is 3.59. The summed E-state index contributed by atoms with van der Waals surface area (Å²) in [7, 11) is 0. The zero-order valence-corrected chi connectivity index (χ0v) is 12.7. The van der Waals surface area contributed by atoms with Gasteiger partial charge in [0.2, 0.25) is 0 Å². The van der Waals surface area contributed by atoms with Crippen molar-refractivity contribution >= 4 is 0 Å². The van der Waals surface area contributed by atoms with Crippen molar-refractivity contribution in [1.82, 2.24) is 5.32 Å². The summed E-state index contributed by atoms with van der Waals surface area (Å²) in [5, 5.41) is 3.28. The van der Waals surface area contributed by atoms with Crippen LogP contribution < -0.4 is 5.32 Å². The van der Waals surface area contributed by atoms with Crippen LogP contribution in [-0.4, -0.2) is 25.3 Å². The minimum Gasteiger partial charge on any atom is -0.369 e. The molecule has 0 rings (SSSR count). The predicted molar refractivity (Wildman–Crippen MR) is 78.2 cm³/mol. The van der Waals surface area contributed by atoms with Crippen molar-refractivity contribution < 1.29 is 4.74 Å². The molecule has 0 heterocycles. The molecule has 0 aromatic heterocycles. The van der Waals surface area contributed by atoms with Crippen LogP contribution in [0.4, 0.5) is 0 Å². The Labute approximate surface area is 113 Å². The number of hydrogen-bond donors (Lipinski definition) is 1. The zero-order valence-electron chi connectivity index (χ0n) is 12.7. The summed E-state index contributed by atoms with van der Waals surface area (Å²) in [5.41, 5.74) is 0.435. The zero-order chi connectivity index (χ0) is 14.1. The molecule has 18 heavy (non-hydrogen) atoms. The number of hydrogen-bond acceptors (Lipinski definition) is 2. The van der Waals surface area contributed by atoms with Crippen LogP contribution in [0.15, 0.2) is 0 Å². The SMILES string of the molecule is CC(C)(C)CCOCC#CC#CCNC(C)(C)C. The second-order valence-corrected chi connectivity index (χ2v) is 6.57. The maximum absolute atomic E-state index is 5.41. The van der Waals surface area contributed by atoms with Crippen LogP contribution in [0.5, 0.6) is 0 Å². The first-order chi connectivity index (χ1) is 8.21. The van der Waals surface area contributed by atoms with E-state index in [1.54, 1.807) is 0 Å². The lowest BCUT2D eigenvalue weighted by Crippen LogP contribution is -2.35. The van der Waals surface area contributed by atoms with Crippen molar-refractivity contribution in [3.63, 3.8) is 0 Å². The first kappa shape index (κ1) is 17.0. The van der Waals surface area contributed by atoms with Crippen molar-refractivity contribution in [3.8, 4) is 23.7 Å². The van der Waals surface area contributed by atoms with E-state index in [1.165, 1.54) is 0 Å². The highest BCUT2D eigenvalue weighted by molar-refractivity contribution is 5.26. The molecule has 0 unspecified atom stereocenters. The molecule has 0 fully saturated rings. The first-order valence-electron chi connectivity index (χ1n) is 6.49. The fraction of sp³-hybridized carbons (Fsp3) is 0.750. The van der Waals surface area contributed by atoms with E-state index in [9.17, 15) is 0 Å². The molecular formula is C16H27NO. The van der Waals surface area contributed by atoms with Crippen LogP contribution in [0.1, 0.15) is 48.0 Å². The van der Waals surface area contributed by atoms with E-state index >= 15 is 0 Å². The third kappa shape index (κ3) is 15.0. The van der Waals surface area contributed by atoms with E-state index in [4.69, 9.17) is 4.74 Å². The van der Waals surface area contributed by atoms with Crippen LogP contribution in [0, 0.1) is 29.1 Å². The van der Waals surface area contributed by atoms with Crippen molar-refractivity contribution in [2.45, 2.75) is 53.5 Å². The Kier molecular flexibility index (Phi) is 7.76. The van der Waals surface area contributed by atoms with E-state index in [1.807, 2.05) is 0 Å². The second kappa shape index (κ2) is 8.20. The average Bonchev–Trinajstić information content (AvgIpc) is 2.17. The van der Waals surface area contributed by atoms with E-state index in [0.29, 0.717) is 18.6 Å². The molecule has 102 valence electrons. The van der Waals surface area contributed by atoms with Gasteiger partial charge in [0.1, 0.15) is 6.61 Å². The third-order valence-electron chi connectivity index (χ3n) is 2.12. The largest absolute Gasteiger partial charge is 0.369 e. The third-order valence-corrected chi connectivity index (χ3v) is 2.12. The average molecular weight is 249 g/mol. The highest BCUT2D eigenvalue weighted by Crippen LogP contribution is 2.17. The molecule has 2 heteroatoms. The monoisotopic (exact) mass is 249 g/mol. The summed E-state index contributed by atoms with van der Waals surface area (Å²) in [5.74, 6) is 11.5. The molecule has 1 N–H and O–H groups in total. The fourth-order valence-corrected chi connectivity index (χ4v) is 0.980. The normalized spacial score (nSPS) is 11.2. The number of nitrogens with one attached hydrogen (secondary N) is 1. The molecule has 0 spiro atoms. The Hall–Kier alpha value is -0.960. The summed E-state index contributed by atoms with van der Waals surface area (Å²) in [6.45, 7) is 14.9. The molecule has 0 atom stereocenters. The van der Waals surface area contributed by atoms with E-state index < -0.39 is 0 Å².